The highest BCUT2D eigenvalue weighted by molar-refractivity contribution is 9.10. The summed E-state index contributed by atoms with van der Waals surface area (Å²) in [5.41, 5.74) is 4.00. The number of aliphatic hydroxyl groups is 1. The van der Waals surface area contributed by atoms with Gasteiger partial charge in [-0.15, -0.1) is 0 Å². The van der Waals surface area contributed by atoms with Crippen molar-refractivity contribution < 1.29 is 9.84 Å². The number of pyridine rings is 1. The molecular weight excluding hydrogens is 344 g/mol. The van der Waals surface area contributed by atoms with Gasteiger partial charge in [-0.2, -0.15) is 0 Å². The minimum Gasteiger partial charge on any atom is -0.474 e. The summed E-state index contributed by atoms with van der Waals surface area (Å²) >= 11 is 3.43. The third-order valence-electron chi connectivity index (χ3n) is 3.22. The summed E-state index contributed by atoms with van der Waals surface area (Å²) in [6, 6.07) is 10.1. The van der Waals surface area contributed by atoms with Gasteiger partial charge in [0.1, 0.15) is 6.61 Å². The standard InChI is InChI=1S/C17H19BrN2O2/c1-12(13-4-6-15(7-5-13)20(2)3)14-10-16(18)17(19-11-14)22-9-8-21/h4-7,10-11,21H,1,8-9H2,2-3H3. The third-order valence-corrected chi connectivity index (χ3v) is 3.79. The molecule has 0 saturated carbocycles. The lowest BCUT2D eigenvalue weighted by Gasteiger charge is -2.14. The molecule has 1 heterocycles. The lowest BCUT2D eigenvalue weighted by molar-refractivity contribution is 0.196. The predicted octanol–water partition coefficient (Wildman–Crippen LogP) is 3.34. The van der Waals surface area contributed by atoms with Crippen molar-refractivity contribution in [1.29, 1.82) is 0 Å². The van der Waals surface area contributed by atoms with Gasteiger partial charge in [-0.1, -0.05) is 18.7 Å². The molecule has 0 amide bonds. The first-order valence-corrected chi connectivity index (χ1v) is 7.68. The van der Waals surface area contributed by atoms with E-state index in [1.54, 1.807) is 6.20 Å². The number of ether oxygens (including phenoxy) is 1. The van der Waals surface area contributed by atoms with Crippen LogP contribution in [-0.2, 0) is 0 Å². The quantitative estimate of drug-likeness (QED) is 0.855. The van der Waals surface area contributed by atoms with Gasteiger partial charge >= 0.3 is 0 Å². The van der Waals surface area contributed by atoms with Crippen LogP contribution in [-0.4, -0.2) is 37.4 Å². The highest BCUT2D eigenvalue weighted by Gasteiger charge is 2.08. The van der Waals surface area contributed by atoms with Crippen molar-refractivity contribution in [3.05, 3.63) is 58.7 Å². The average molecular weight is 363 g/mol. The normalized spacial score (nSPS) is 10.4. The molecular formula is C17H19BrN2O2. The Morgan fingerprint density at radius 1 is 1.27 bits per heavy atom. The molecule has 0 aliphatic rings. The number of aliphatic hydroxyl groups excluding tert-OH is 1. The van der Waals surface area contributed by atoms with Crippen molar-refractivity contribution in [2.75, 3.05) is 32.2 Å². The largest absolute Gasteiger partial charge is 0.474 e. The summed E-state index contributed by atoms with van der Waals surface area (Å²) < 4.78 is 6.07. The number of aromatic nitrogens is 1. The second-order valence-corrected chi connectivity index (χ2v) is 5.86. The van der Waals surface area contributed by atoms with Gasteiger partial charge in [0.25, 0.3) is 0 Å². The van der Waals surface area contributed by atoms with Gasteiger partial charge < -0.3 is 14.7 Å². The van der Waals surface area contributed by atoms with Crippen molar-refractivity contribution in [2.45, 2.75) is 0 Å². The van der Waals surface area contributed by atoms with Crippen LogP contribution in [0.1, 0.15) is 11.1 Å². The fourth-order valence-corrected chi connectivity index (χ4v) is 2.43. The van der Waals surface area contributed by atoms with Crippen molar-refractivity contribution >= 4 is 27.2 Å². The molecule has 0 saturated heterocycles. The molecule has 0 aliphatic heterocycles. The first-order valence-electron chi connectivity index (χ1n) is 6.89. The van der Waals surface area contributed by atoms with Crippen molar-refractivity contribution in [3.8, 4) is 5.88 Å². The number of anilines is 1. The molecule has 1 aromatic carbocycles. The van der Waals surface area contributed by atoms with E-state index in [1.807, 2.05) is 32.3 Å². The van der Waals surface area contributed by atoms with Gasteiger partial charge in [-0.05, 0) is 45.3 Å². The van der Waals surface area contributed by atoms with Crippen LogP contribution in [0.4, 0.5) is 5.69 Å². The Morgan fingerprint density at radius 3 is 2.50 bits per heavy atom. The molecule has 22 heavy (non-hydrogen) atoms. The van der Waals surface area contributed by atoms with Crippen LogP contribution in [0.2, 0.25) is 0 Å². The maximum Gasteiger partial charge on any atom is 0.228 e. The van der Waals surface area contributed by atoms with Gasteiger partial charge in [-0.25, -0.2) is 4.98 Å². The van der Waals surface area contributed by atoms with Crippen LogP contribution < -0.4 is 9.64 Å². The minimum absolute atomic E-state index is 0.0409. The fourth-order valence-electron chi connectivity index (χ4n) is 1.97. The monoisotopic (exact) mass is 362 g/mol. The lowest BCUT2D eigenvalue weighted by Crippen LogP contribution is -2.08. The fraction of sp³-hybridized carbons (Fsp3) is 0.235. The van der Waals surface area contributed by atoms with Crippen molar-refractivity contribution in [1.82, 2.24) is 4.98 Å². The summed E-state index contributed by atoms with van der Waals surface area (Å²) in [5.74, 6) is 0.466. The number of nitrogens with zero attached hydrogens (tertiary/aromatic N) is 2. The molecule has 4 nitrogen and oxygen atoms in total. The van der Waals surface area contributed by atoms with E-state index in [4.69, 9.17) is 9.84 Å². The Kier molecular flexibility index (Phi) is 5.57. The first kappa shape index (κ1) is 16.5. The summed E-state index contributed by atoms with van der Waals surface area (Å²) in [5, 5.41) is 8.79. The summed E-state index contributed by atoms with van der Waals surface area (Å²) in [6.45, 7) is 4.33. The van der Waals surface area contributed by atoms with Crippen LogP contribution in [0.3, 0.4) is 0 Å². The van der Waals surface area contributed by atoms with Crippen molar-refractivity contribution in [3.63, 3.8) is 0 Å². The Hall–Kier alpha value is -1.85. The van der Waals surface area contributed by atoms with Gasteiger partial charge in [-0.3, -0.25) is 0 Å². The summed E-state index contributed by atoms with van der Waals surface area (Å²) in [7, 11) is 4.02. The molecule has 1 N–H and O–H groups in total. The van der Waals surface area contributed by atoms with Crippen LogP contribution in [0, 0.1) is 0 Å². The number of hydrogen-bond donors (Lipinski definition) is 1. The van der Waals surface area contributed by atoms with E-state index >= 15 is 0 Å². The maximum atomic E-state index is 8.79. The van der Waals surface area contributed by atoms with Crippen LogP contribution in [0.5, 0.6) is 5.88 Å². The Bertz CT molecular complexity index is 654. The molecule has 0 spiro atoms. The molecule has 1 aromatic heterocycles. The zero-order valence-electron chi connectivity index (χ0n) is 12.7. The molecule has 0 bridgehead atoms. The third kappa shape index (κ3) is 3.87. The van der Waals surface area contributed by atoms with E-state index < -0.39 is 0 Å². The molecule has 0 aliphatic carbocycles. The molecule has 5 heteroatoms. The van der Waals surface area contributed by atoms with E-state index in [-0.39, 0.29) is 13.2 Å². The zero-order valence-corrected chi connectivity index (χ0v) is 14.3. The summed E-state index contributed by atoms with van der Waals surface area (Å²) in [4.78, 5) is 6.31. The minimum atomic E-state index is -0.0409. The molecule has 0 unspecified atom stereocenters. The topological polar surface area (TPSA) is 45.6 Å². The number of benzene rings is 1. The van der Waals surface area contributed by atoms with E-state index in [9.17, 15) is 0 Å². The summed E-state index contributed by atoms with van der Waals surface area (Å²) in [6.07, 6.45) is 1.72. The van der Waals surface area contributed by atoms with E-state index in [1.165, 1.54) is 0 Å². The van der Waals surface area contributed by atoms with Gasteiger partial charge in [0.2, 0.25) is 5.88 Å². The number of rotatable bonds is 6. The molecule has 0 radical (unpaired) electrons. The van der Waals surface area contributed by atoms with Crippen LogP contribution in [0.15, 0.2) is 47.6 Å². The number of halogens is 1. The zero-order chi connectivity index (χ0) is 16.1. The van der Waals surface area contributed by atoms with E-state index in [0.29, 0.717) is 5.88 Å². The van der Waals surface area contributed by atoms with Gasteiger partial charge in [0.05, 0.1) is 11.1 Å². The predicted molar refractivity (Wildman–Crippen MR) is 93.4 cm³/mol. The molecule has 2 aromatic rings. The molecule has 0 atom stereocenters. The molecule has 116 valence electrons. The second kappa shape index (κ2) is 7.42. The van der Waals surface area contributed by atoms with Crippen LogP contribution in [0.25, 0.3) is 5.57 Å². The van der Waals surface area contributed by atoms with Crippen LogP contribution >= 0.6 is 15.9 Å². The highest BCUT2D eigenvalue weighted by atomic mass is 79.9. The first-order chi connectivity index (χ1) is 10.5. The molecule has 2 rings (SSSR count). The smallest absolute Gasteiger partial charge is 0.228 e. The van der Waals surface area contributed by atoms with Gasteiger partial charge in [0, 0.05) is 31.5 Å². The van der Waals surface area contributed by atoms with Crippen molar-refractivity contribution in [2.24, 2.45) is 0 Å². The van der Waals surface area contributed by atoms with E-state index in [2.05, 4.69) is 44.5 Å². The molecule has 0 fully saturated rings. The van der Waals surface area contributed by atoms with E-state index in [0.717, 1.165) is 26.9 Å². The van der Waals surface area contributed by atoms with Gasteiger partial charge in [0.15, 0.2) is 0 Å². The number of hydrogen-bond acceptors (Lipinski definition) is 4. The average Bonchev–Trinajstić information content (AvgIpc) is 2.53. The Morgan fingerprint density at radius 2 is 1.95 bits per heavy atom. The second-order valence-electron chi connectivity index (χ2n) is 5.00. The highest BCUT2D eigenvalue weighted by Crippen LogP contribution is 2.29. The Balaban J connectivity index is 2.20. The SMILES string of the molecule is C=C(c1ccc(N(C)C)cc1)c1cnc(OCCO)c(Br)c1. The lowest BCUT2D eigenvalue weighted by atomic mass is 10.0. The Labute approximate surface area is 139 Å². The maximum absolute atomic E-state index is 8.79.